The zero-order valence-electron chi connectivity index (χ0n) is 17.1. The molecule has 4 rings (SSSR count). The third-order valence-electron chi connectivity index (χ3n) is 6.71. The van der Waals surface area contributed by atoms with Gasteiger partial charge in [-0.2, -0.15) is 0 Å². The SMILES string of the molecule is CC(C)[C@@H]1CC[C@@H](C)C[C@H]1OC(=O)[C@H]1OC2(CCCC2)Oc2c(Cl)cccc21. The molecule has 4 atom stereocenters. The smallest absolute Gasteiger partial charge is 0.340 e. The number of para-hydroxylation sites is 1. The minimum Gasteiger partial charge on any atom is -0.460 e. The molecule has 0 amide bonds. The Balaban J connectivity index is 1.60. The summed E-state index contributed by atoms with van der Waals surface area (Å²) in [5, 5.41) is 0.524. The van der Waals surface area contributed by atoms with Crippen LogP contribution in [-0.2, 0) is 14.3 Å². The molecule has 0 saturated heterocycles. The van der Waals surface area contributed by atoms with Crippen molar-refractivity contribution in [2.75, 3.05) is 0 Å². The van der Waals surface area contributed by atoms with Gasteiger partial charge in [-0.1, -0.05) is 50.9 Å². The van der Waals surface area contributed by atoms with Crippen molar-refractivity contribution >= 4 is 17.6 Å². The van der Waals surface area contributed by atoms with Gasteiger partial charge in [0.15, 0.2) is 6.10 Å². The predicted molar refractivity (Wildman–Crippen MR) is 108 cm³/mol. The van der Waals surface area contributed by atoms with Gasteiger partial charge in [-0.3, -0.25) is 0 Å². The number of carbonyl (C=O) groups is 1. The molecule has 0 N–H and O–H groups in total. The first kappa shape index (κ1) is 20.0. The monoisotopic (exact) mass is 406 g/mol. The summed E-state index contributed by atoms with van der Waals surface area (Å²) in [6.07, 6.45) is 6.01. The molecule has 3 aliphatic rings. The van der Waals surface area contributed by atoms with Crippen molar-refractivity contribution in [3.8, 4) is 5.75 Å². The first-order valence-corrected chi connectivity index (χ1v) is 11.1. The Kier molecular flexibility index (Phi) is 5.63. The van der Waals surface area contributed by atoms with E-state index >= 15 is 0 Å². The number of halogens is 1. The number of ether oxygens (including phenoxy) is 3. The topological polar surface area (TPSA) is 44.8 Å². The van der Waals surface area contributed by atoms with Crippen LogP contribution in [0.4, 0.5) is 0 Å². The van der Waals surface area contributed by atoms with Gasteiger partial charge in [-0.25, -0.2) is 4.79 Å². The van der Waals surface area contributed by atoms with E-state index in [9.17, 15) is 4.79 Å². The Morgan fingerprint density at radius 1 is 1.25 bits per heavy atom. The fourth-order valence-electron chi connectivity index (χ4n) is 5.10. The Bertz CT molecular complexity index is 725. The summed E-state index contributed by atoms with van der Waals surface area (Å²) < 4.78 is 18.6. The van der Waals surface area contributed by atoms with Crippen LogP contribution in [-0.4, -0.2) is 17.9 Å². The molecule has 1 aromatic rings. The van der Waals surface area contributed by atoms with Gasteiger partial charge < -0.3 is 14.2 Å². The fourth-order valence-corrected chi connectivity index (χ4v) is 5.32. The highest BCUT2D eigenvalue weighted by atomic mass is 35.5. The molecule has 1 spiro atoms. The Morgan fingerprint density at radius 3 is 2.71 bits per heavy atom. The minimum atomic E-state index is -0.773. The summed E-state index contributed by atoms with van der Waals surface area (Å²) in [7, 11) is 0. The molecule has 1 heterocycles. The summed E-state index contributed by atoms with van der Waals surface area (Å²) >= 11 is 6.42. The molecular formula is C23H31ClO4. The minimum absolute atomic E-state index is 0.0511. The van der Waals surface area contributed by atoms with E-state index in [0.29, 0.717) is 34.1 Å². The zero-order chi connectivity index (χ0) is 19.9. The lowest BCUT2D eigenvalue weighted by Crippen LogP contribution is -2.45. The lowest BCUT2D eigenvalue weighted by atomic mass is 9.75. The van der Waals surface area contributed by atoms with Gasteiger partial charge in [-0.05, 0) is 49.5 Å². The molecule has 2 aliphatic carbocycles. The van der Waals surface area contributed by atoms with Gasteiger partial charge in [-0.15, -0.1) is 0 Å². The average molecular weight is 407 g/mol. The first-order valence-electron chi connectivity index (χ1n) is 10.7. The van der Waals surface area contributed by atoms with E-state index in [1.54, 1.807) is 6.07 Å². The highest BCUT2D eigenvalue weighted by Gasteiger charge is 2.48. The van der Waals surface area contributed by atoms with Crippen molar-refractivity contribution < 1.29 is 19.0 Å². The summed E-state index contributed by atoms with van der Waals surface area (Å²) in [5.74, 6) is 0.993. The average Bonchev–Trinajstić information content (AvgIpc) is 3.09. The number of rotatable bonds is 3. The van der Waals surface area contributed by atoms with Gasteiger partial charge in [0.2, 0.25) is 5.79 Å². The highest BCUT2D eigenvalue weighted by Crippen LogP contribution is 2.49. The van der Waals surface area contributed by atoms with Crippen molar-refractivity contribution in [3.63, 3.8) is 0 Å². The standard InChI is InChI=1S/C23H31ClO4/c1-14(2)16-10-9-15(3)13-19(16)26-22(25)21-17-7-6-8-18(24)20(17)27-23(28-21)11-4-5-12-23/h6-8,14-16,19,21H,4-5,9-13H2,1-3H3/t15-,16+,19-,21+/m1/s1. The van der Waals surface area contributed by atoms with Crippen molar-refractivity contribution in [2.45, 2.75) is 83.7 Å². The summed E-state index contributed by atoms with van der Waals surface area (Å²) in [4.78, 5) is 13.3. The van der Waals surface area contributed by atoms with Crippen molar-refractivity contribution in [2.24, 2.45) is 17.8 Å². The zero-order valence-corrected chi connectivity index (χ0v) is 17.8. The van der Waals surface area contributed by atoms with E-state index in [1.807, 2.05) is 12.1 Å². The van der Waals surface area contributed by atoms with Crippen molar-refractivity contribution in [3.05, 3.63) is 28.8 Å². The van der Waals surface area contributed by atoms with Crippen LogP contribution in [0.15, 0.2) is 18.2 Å². The lowest BCUT2D eigenvalue weighted by molar-refractivity contribution is -0.237. The van der Waals surface area contributed by atoms with Crippen LogP contribution in [0.1, 0.15) is 77.4 Å². The molecule has 154 valence electrons. The molecule has 28 heavy (non-hydrogen) atoms. The normalized spacial score (nSPS) is 31.5. The summed E-state index contributed by atoms with van der Waals surface area (Å²) in [5.41, 5.74) is 0.681. The Labute approximate surface area is 172 Å². The maximum Gasteiger partial charge on any atom is 0.340 e. The van der Waals surface area contributed by atoms with Gasteiger partial charge in [0.1, 0.15) is 11.9 Å². The maximum absolute atomic E-state index is 13.3. The van der Waals surface area contributed by atoms with E-state index in [2.05, 4.69) is 20.8 Å². The molecule has 4 nitrogen and oxygen atoms in total. The second kappa shape index (κ2) is 7.87. The Morgan fingerprint density at radius 2 is 2.00 bits per heavy atom. The molecule has 0 radical (unpaired) electrons. The third-order valence-corrected chi connectivity index (χ3v) is 7.01. The number of hydrogen-bond acceptors (Lipinski definition) is 4. The molecule has 2 saturated carbocycles. The fraction of sp³-hybridized carbons (Fsp3) is 0.696. The predicted octanol–water partition coefficient (Wildman–Crippen LogP) is 6.06. The van der Waals surface area contributed by atoms with E-state index in [0.717, 1.165) is 38.5 Å². The van der Waals surface area contributed by atoms with E-state index < -0.39 is 11.9 Å². The van der Waals surface area contributed by atoms with Crippen LogP contribution in [0.25, 0.3) is 0 Å². The molecular weight excluding hydrogens is 376 g/mol. The molecule has 0 bridgehead atoms. The van der Waals surface area contributed by atoms with Gasteiger partial charge in [0, 0.05) is 18.4 Å². The molecule has 5 heteroatoms. The molecule has 0 aromatic heterocycles. The van der Waals surface area contributed by atoms with Gasteiger partial charge >= 0.3 is 5.97 Å². The van der Waals surface area contributed by atoms with Crippen molar-refractivity contribution in [1.29, 1.82) is 0 Å². The van der Waals surface area contributed by atoms with E-state index in [4.69, 9.17) is 25.8 Å². The second-order valence-corrected chi connectivity index (χ2v) is 9.58. The van der Waals surface area contributed by atoms with Crippen LogP contribution in [0.2, 0.25) is 5.02 Å². The van der Waals surface area contributed by atoms with E-state index in [1.165, 1.54) is 6.42 Å². The first-order chi connectivity index (χ1) is 13.4. The third kappa shape index (κ3) is 3.78. The van der Waals surface area contributed by atoms with Crippen molar-refractivity contribution in [1.82, 2.24) is 0 Å². The number of hydrogen-bond donors (Lipinski definition) is 0. The van der Waals surface area contributed by atoms with E-state index in [-0.39, 0.29) is 12.1 Å². The van der Waals surface area contributed by atoms with Gasteiger partial charge in [0.25, 0.3) is 0 Å². The maximum atomic E-state index is 13.3. The largest absolute Gasteiger partial charge is 0.460 e. The molecule has 1 aromatic carbocycles. The molecule has 1 aliphatic heterocycles. The Hall–Kier alpha value is -1.26. The van der Waals surface area contributed by atoms with Crippen LogP contribution in [0, 0.1) is 17.8 Å². The molecule has 2 fully saturated rings. The van der Waals surface area contributed by atoms with Gasteiger partial charge in [0.05, 0.1) is 5.02 Å². The van der Waals surface area contributed by atoms with Crippen LogP contribution >= 0.6 is 11.6 Å². The highest BCUT2D eigenvalue weighted by molar-refractivity contribution is 6.32. The summed E-state index contributed by atoms with van der Waals surface area (Å²) in [6, 6.07) is 5.49. The van der Waals surface area contributed by atoms with Crippen LogP contribution < -0.4 is 4.74 Å². The lowest BCUT2D eigenvalue weighted by Gasteiger charge is -2.41. The van der Waals surface area contributed by atoms with Crippen LogP contribution in [0.5, 0.6) is 5.75 Å². The second-order valence-electron chi connectivity index (χ2n) is 9.18. The van der Waals surface area contributed by atoms with Crippen LogP contribution in [0.3, 0.4) is 0 Å². The number of esters is 1. The number of benzene rings is 1. The molecule has 0 unspecified atom stereocenters. The quantitative estimate of drug-likeness (QED) is 0.572. The summed E-state index contributed by atoms with van der Waals surface area (Å²) in [6.45, 7) is 6.68. The number of carbonyl (C=O) groups excluding carboxylic acids is 1. The number of fused-ring (bicyclic) bond motifs is 1.